The van der Waals surface area contributed by atoms with Crippen molar-refractivity contribution in [3.8, 4) is 5.88 Å². The Morgan fingerprint density at radius 3 is 2.65 bits per heavy atom. The van der Waals surface area contributed by atoms with Crippen molar-refractivity contribution in [2.24, 2.45) is 28.7 Å². The lowest BCUT2D eigenvalue weighted by Crippen LogP contribution is -2.43. The van der Waals surface area contributed by atoms with Gasteiger partial charge in [0.15, 0.2) is 5.96 Å². The number of likely N-dealkylation sites (tertiary alicyclic amines) is 1. The van der Waals surface area contributed by atoms with E-state index in [-0.39, 0.29) is 35.5 Å². The molecule has 1 saturated heterocycles. The predicted octanol–water partition coefficient (Wildman–Crippen LogP) is 1.73. The van der Waals surface area contributed by atoms with Gasteiger partial charge in [-0.1, -0.05) is 31.6 Å². The molecular weight excluding hydrogens is 394 g/mol. The minimum atomic E-state index is -0.142. The van der Waals surface area contributed by atoms with E-state index in [0.29, 0.717) is 38.1 Å². The SMILES string of the molecule is CCCCOc1ncccc1CNC(=NC)NCCN1C(=O)C2C3C=CC(C3)C2C1=O. The number of hydrogen-bond donors (Lipinski definition) is 2. The zero-order chi connectivity index (χ0) is 21.8. The summed E-state index contributed by atoms with van der Waals surface area (Å²) in [5, 5.41) is 6.45. The lowest BCUT2D eigenvalue weighted by Gasteiger charge is -2.19. The number of fused-ring (bicyclic) bond motifs is 5. The average molecular weight is 426 g/mol. The maximum absolute atomic E-state index is 12.8. The molecule has 166 valence electrons. The molecule has 2 fully saturated rings. The third-order valence-electron chi connectivity index (χ3n) is 6.45. The molecule has 8 heteroatoms. The van der Waals surface area contributed by atoms with E-state index in [1.165, 1.54) is 4.90 Å². The highest BCUT2D eigenvalue weighted by Crippen LogP contribution is 2.52. The van der Waals surface area contributed by atoms with E-state index in [2.05, 4.69) is 39.7 Å². The number of aliphatic imine (C=N–C) groups is 1. The Morgan fingerprint density at radius 2 is 1.97 bits per heavy atom. The van der Waals surface area contributed by atoms with Gasteiger partial charge in [-0.05, 0) is 30.7 Å². The first kappa shape index (κ1) is 21.3. The van der Waals surface area contributed by atoms with Gasteiger partial charge in [0.05, 0.1) is 18.4 Å². The van der Waals surface area contributed by atoms with Gasteiger partial charge in [-0.25, -0.2) is 4.98 Å². The second-order valence-corrected chi connectivity index (χ2v) is 8.35. The van der Waals surface area contributed by atoms with Gasteiger partial charge in [-0.15, -0.1) is 0 Å². The average Bonchev–Trinajstić information content (AvgIpc) is 3.46. The van der Waals surface area contributed by atoms with Gasteiger partial charge in [0, 0.05) is 38.4 Å². The van der Waals surface area contributed by atoms with Gasteiger partial charge in [0.25, 0.3) is 0 Å². The monoisotopic (exact) mass is 425 g/mol. The van der Waals surface area contributed by atoms with Gasteiger partial charge >= 0.3 is 0 Å². The van der Waals surface area contributed by atoms with Crippen LogP contribution in [0.25, 0.3) is 0 Å². The molecule has 2 N–H and O–H groups in total. The van der Waals surface area contributed by atoms with Crippen LogP contribution in [0.3, 0.4) is 0 Å². The number of ether oxygens (including phenoxy) is 1. The van der Waals surface area contributed by atoms with Crippen molar-refractivity contribution in [2.75, 3.05) is 26.7 Å². The van der Waals surface area contributed by atoms with Crippen LogP contribution in [0.2, 0.25) is 0 Å². The van der Waals surface area contributed by atoms with Crippen LogP contribution in [0.1, 0.15) is 31.7 Å². The maximum Gasteiger partial charge on any atom is 0.233 e. The number of nitrogens with zero attached hydrogens (tertiary/aromatic N) is 3. The molecule has 0 aromatic carbocycles. The second kappa shape index (κ2) is 9.49. The zero-order valence-corrected chi connectivity index (χ0v) is 18.2. The molecular formula is C23H31N5O3. The Morgan fingerprint density at radius 1 is 1.23 bits per heavy atom. The molecule has 2 amide bonds. The summed E-state index contributed by atoms with van der Waals surface area (Å²) in [7, 11) is 1.69. The molecule has 4 atom stereocenters. The number of aromatic nitrogens is 1. The summed E-state index contributed by atoms with van der Waals surface area (Å²) in [5.41, 5.74) is 0.947. The Balaban J connectivity index is 1.26. The van der Waals surface area contributed by atoms with E-state index in [1.807, 2.05) is 12.1 Å². The number of amides is 2. The summed E-state index contributed by atoms with van der Waals surface area (Å²) < 4.78 is 5.78. The van der Waals surface area contributed by atoms with Crippen LogP contribution in [-0.4, -0.2) is 54.4 Å². The number of guanidine groups is 1. The fourth-order valence-corrected chi connectivity index (χ4v) is 4.87. The van der Waals surface area contributed by atoms with E-state index < -0.39 is 0 Å². The van der Waals surface area contributed by atoms with Crippen molar-refractivity contribution in [2.45, 2.75) is 32.7 Å². The minimum absolute atomic E-state index is 0.0131. The highest BCUT2D eigenvalue weighted by Gasteiger charge is 2.58. The molecule has 1 aliphatic heterocycles. The minimum Gasteiger partial charge on any atom is -0.477 e. The third kappa shape index (κ3) is 4.29. The highest BCUT2D eigenvalue weighted by atomic mass is 16.5. The molecule has 3 aliphatic rings. The molecule has 4 unspecified atom stereocenters. The summed E-state index contributed by atoms with van der Waals surface area (Å²) in [4.78, 5) is 35.5. The van der Waals surface area contributed by atoms with Crippen LogP contribution < -0.4 is 15.4 Å². The van der Waals surface area contributed by atoms with Crippen molar-refractivity contribution in [3.63, 3.8) is 0 Å². The molecule has 8 nitrogen and oxygen atoms in total. The van der Waals surface area contributed by atoms with E-state index in [1.54, 1.807) is 13.2 Å². The van der Waals surface area contributed by atoms with Crippen LogP contribution >= 0.6 is 0 Å². The number of nitrogens with one attached hydrogen (secondary N) is 2. The fourth-order valence-electron chi connectivity index (χ4n) is 4.87. The molecule has 2 heterocycles. The largest absolute Gasteiger partial charge is 0.477 e. The highest BCUT2D eigenvalue weighted by molar-refractivity contribution is 6.06. The van der Waals surface area contributed by atoms with Crippen molar-refractivity contribution in [1.82, 2.24) is 20.5 Å². The van der Waals surface area contributed by atoms with Crippen LogP contribution in [-0.2, 0) is 16.1 Å². The lowest BCUT2D eigenvalue weighted by atomic mass is 9.85. The number of rotatable bonds is 9. The molecule has 1 saturated carbocycles. The van der Waals surface area contributed by atoms with Gasteiger partial charge in [0.1, 0.15) is 0 Å². The van der Waals surface area contributed by atoms with Gasteiger partial charge < -0.3 is 15.4 Å². The number of carbonyl (C=O) groups excluding carboxylic acids is 2. The first-order chi connectivity index (χ1) is 15.1. The Bertz CT molecular complexity index is 854. The first-order valence-electron chi connectivity index (χ1n) is 11.2. The lowest BCUT2D eigenvalue weighted by molar-refractivity contribution is -0.140. The topological polar surface area (TPSA) is 95.9 Å². The third-order valence-corrected chi connectivity index (χ3v) is 6.45. The fraction of sp³-hybridized carbons (Fsp3) is 0.565. The van der Waals surface area contributed by atoms with Gasteiger partial charge in [0.2, 0.25) is 17.7 Å². The van der Waals surface area contributed by atoms with Gasteiger partial charge in [-0.3, -0.25) is 19.5 Å². The van der Waals surface area contributed by atoms with Crippen molar-refractivity contribution in [3.05, 3.63) is 36.0 Å². The number of imide groups is 1. The van der Waals surface area contributed by atoms with E-state index >= 15 is 0 Å². The summed E-state index contributed by atoms with van der Waals surface area (Å²) in [6, 6.07) is 3.85. The maximum atomic E-state index is 12.8. The molecule has 1 aromatic heterocycles. The second-order valence-electron chi connectivity index (χ2n) is 8.35. The Hall–Kier alpha value is -2.90. The van der Waals surface area contributed by atoms with Crippen LogP contribution in [0.5, 0.6) is 5.88 Å². The summed E-state index contributed by atoms with van der Waals surface area (Å²) in [6.07, 6.45) is 8.96. The molecule has 4 rings (SSSR count). The quantitative estimate of drug-likeness (QED) is 0.206. The Labute approximate surface area is 183 Å². The first-order valence-corrected chi connectivity index (χ1v) is 11.2. The standard InChI is InChI=1S/C23H31N5O3/c1-3-4-12-31-20-17(6-5-9-25-20)14-27-23(24-2)26-10-11-28-21(29)18-15-7-8-16(13-15)19(18)22(28)30/h5-9,15-16,18-19H,3-4,10-14H2,1-2H3,(H2,24,26,27). The molecule has 2 bridgehead atoms. The summed E-state index contributed by atoms with van der Waals surface area (Å²) >= 11 is 0. The van der Waals surface area contributed by atoms with Crippen LogP contribution in [0, 0.1) is 23.7 Å². The molecule has 2 aliphatic carbocycles. The smallest absolute Gasteiger partial charge is 0.233 e. The Kier molecular flexibility index (Phi) is 6.53. The van der Waals surface area contributed by atoms with Crippen LogP contribution in [0.15, 0.2) is 35.5 Å². The number of unbranched alkanes of at least 4 members (excludes halogenated alkanes) is 1. The predicted molar refractivity (Wildman–Crippen MR) is 117 cm³/mol. The molecule has 0 spiro atoms. The zero-order valence-electron chi connectivity index (χ0n) is 18.2. The number of hydrogen-bond acceptors (Lipinski definition) is 5. The molecule has 31 heavy (non-hydrogen) atoms. The van der Waals surface area contributed by atoms with Crippen LogP contribution in [0.4, 0.5) is 0 Å². The summed E-state index contributed by atoms with van der Waals surface area (Å²) in [5.74, 6) is 1.40. The van der Waals surface area contributed by atoms with Gasteiger partial charge in [-0.2, -0.15) is 0 Å². The summed E-state index contributed by atoms with van der Waals surface area (Å²) in [6.45, 7) is 4.08. The van der Waals surface area contributed by atoms with E-state index in [4.69, 9.17) is 4.74 Å². The van der Waals surface area contributed by atoms with Crippen molar-refractivity contribution >= 4 is 17.8 Å². The normalized spacial score (nSPS) is 26.5. The van der Waals surface area contributed by atoms with E-state index in [9.17, 15) is 9.59 Å². The number of allylic oxidation sites excluding steroid dienone is 2. The van der Waals surface area contributed by atoms with Crippen molar-refractivity contribution in [1.29, 1.82) is 0 Å². The number of pyridine rings is 1. The number of carbonyl (C=O) groups is 2. The van der Waals surface area contributed by atoms with E-state index in [0.717, 1.165) is 24.8 Å². The van der Waals surface area contributed by atoms with Crippen molar-refractivity contribution < 1.29 is 14.3 Å². The molecule has 1 aromatic rings. The molecule has 0 radical (unpaired) electrons.